The second-order valence-electron chi connectivity index (χ2n) is 3.21. The fourth-order valence-corrected chi connectivity index (χ4v) is 2.48. The summed E-state index contributed by atoms with van der Waals surface area (Å²) in [6.07, 6.45) is 0. The van der Waals surface area contributed by atoms with E-state index in [9.17, 15) is 18.0 Å². The second-order valence-corrected chi connectivity index (χ2v) is 4.86. The number of benzene rings is 1. The van der Waals surface area contributed by atoms with Crippen LogP contribution in [0.2, 0.25) is 0 Å². The minimum atomic E-state index is -3.96. The molecule has 0 aliphatic carbocycles. The largest absolute Gasteiger partial charge is 0.294 e. The molecule has 0 atom stereocenters. The van der Waals surface area contributed by atoms with Gasteiger partial charge in [-0.1, -0.05) is 18.2 Å². The van der Waals surface area contributed by atoms with Crippen molar-refractivity contribution < 1.29 is 18.0 Å². The summed E-state index contributed by atoms with van der Waals surface area (Å²) in [4.78, 5) is 21.8. The van der Waals surface area contributed by atoms with E-state index in [1.807, 2.05) is 4.72 Å². The van der Waals surface area contributed by atoms with E-state index in [0.717, 1.165) is 6.92 Å². The first-order valence-electron chi connectivity index (χ1n) is 4.48. The lowest BCUT2D eigenvalue weighted by Gasteiger charge is -2.07. The highest BCUT2D eigenvalue weighted by Crippen LogP contribution is 2.15. The Morgan fingerprint density at radius 1 is 1.12 bits per heavy atom. The number of ketones is 1. The molecule has 0 aliphatic heterocycles. The van der Waals surface area contributed by atoms with Crippen LogP contribution in [-0.4, -0.2) is 20.1 Å². The van der Waals surface area contributed by atoms with E-state index in [2.05, 4.69) is 0 Å². The maximum atomic E-state index is 11.7. The van der Waals surface area contributed by atoms with Crippen LogP contribution in [0.25, 0.3) is 0 Å². The monoisotopic (exact) mass is 241 g/mol. The van der Waals surface area contributed by atoms with Crippen LogP contribution in [0.3, 0.4) is 0 Å². The summed E-state index contributed by atoms with van der Waals surface area (Å²) in [5, 5.41) is 0. The Morgan fingerprint density at radius 3 is 2.19 bits per heavy atom. The highest BCUT2D eigenvalue weighted by molar-refractivity contribution is 7.90. The third-order valence-corrected chi connectivity index (χ3v) is 3.33. The van der Waals surface area contributed by atoms with Crippen molar-refractivity contribution in [3.63, 3.8) is 0 Å². The molecule has 0 fully saturated rings. The van der Waals surface area contributed by atoms with E-state index < -0.39 is 15.9 Å². The van der Waals surface area contributed by atoms with Crippen molar-refractivity contribution in [3.8, 4) is 0 Å². The zero-order chi connectivity index (χ0) is 12.3. The molecule has 1 rings (SSSR count). The lowest BCUT2D eigenvalue weighted by molar-refractivity contribution is -0.117. The van der Waals surface area contributed by atoms with Crippen molar-refractivity contribution in [1.82, 2.24) is 4.72 Å². The minimum absolute atomic E-state index is 0.0660. The Morgan fingerprint density at radius 2 is 1.69 bits per heavy atom. The maximum Gasteiger partial charge on any atom is 0.264 e. The van der Waals surface area contributed by atoms with Gasteiger partial charge in [0, 0.05) is 12.5 Å². The molecule has 5 nitrogen and oxygen atoms in total. The third-order valence-electron chi connectivity index (χ3n) is 1.83. The van der Waals surface area contributed by atoms with Crippen LogP contribution >= 0.6 is 0 Å². The Balaban J connectivity index is 3.33. The molecule has 0 saturated carbocycles. The summed E-state index contributed by atoms with van der Waals surface area (Å²) in [5.74, 6) is -1.07. The number of amides is 1. The zero-order valence-corrected chi connectivity index (χ0v) is 9.67. The Kier molecular flexibility index (Phi) is 3.44. The molecule has 1 aromatic carbocycles. The quantitative estimate of drug-likeness (QED) is 0.790. The van der Waals surface area contributed by atoms with Crippen molar-refractivity contribution in [2.75, 3.05) is 0 Å². The van der Waals surface area contributed by atoms with Crippen LogP contribution in [0, 0.1) is 0 Å². The van der Waals surface area contributed by atoms with Crippen LogP contribution in [0.4, 0.5) is 0 Å². The van der Waals surface area contributed by atoms with Gasteiger partial charge in [-0.3, -0.25) is 9.59 Å². The van der Waals surface area contributed by atoms with Gasteiger partial charge >= 0.3 is 0 Å². The number of carbonyl (C=O) groups excluding carboxylic acids is 2. The average Bonchev–Trinajstić information content (AvgIpc) is 2.15. The van der Waals surface area contributed by atoms with Gasteiger partial charge in [0.2, 0.25) is 5.91 Å². The first-order valence-corrected chi connectivity index (χ1v) is 5.96. The summed E-state index contributed by atoms with van der Waals surface area (Å²) in [5.41, 5.74) is 0.0660. The van der Waals surface area contributed by atoms with Crippen molar-refractivity contribution >= 4 is 21.7 Å². The molecule has 86 valence electrons. The summed E-state index contributed by atoms with van der Waals surface area (Å²) in [7, 11) is -3.96. The van der Waals surface area contributed by atoms with E-state index in [0.29, 0.717) is 0 Å². The van der Waals surface area contributed by atoms with Gasteiger partial charge in [-0.15, -0.1) is 0 Å². The lowest BCUT2D eigenvalue weighted by Crippen LogP contribution is -2.29. The predicted octanol–water partition coefficient (Wildman–Crippen LogP) is 0.714. The van der Waals surface area contributed by atoms with Crippen LogP contribution in [0.1, 0.15) is 24.2 Å². The van der Waals surface area contributed by atoms with Gasteiger partial charge in [0.05, 0.1) is 4.90 Å². The fraction of sp³-hybridized carbons (Fsp3) is 0.200. The number of rotatable bonds is 3. The van der Waals surface area contributed by atoms with Crippen LogP contribution in [-0.2, 0) is 14.8 Å². The molecule has 1 aromatic rings. The number of hydrogen-bond donors (Lipinski definition) is 1. The number of nitrogens with one attached hydrogen (secondary N) is 1. The number of hydrogen-bond acceptors (Lipinski definition) is 4. The molecule has 0 unspecified atom stereocenters. The second kappa shape index (κ2) is 4.44. The van der Waals surface area contributed by atoms with Gasteiger partial charge in [-0.2, -0.15) is 0 Å². The first-order chi connectivity index (χ1) is 7.34. The Hall–Kier alpha value is -1.69. The smallest absolute Gasteiger partial charge is 0.264 e. The van der Waals surface area contributed by atoms with Crippen LogP contribution < -0.4 is 4.72 Å². The van der Waals surface area contributed by atoms with Crippen molar-refractivity contribution in [1.29, 1.82) is 0 Å². The standard InChI is InChI=1S/C10H11NO4S/c1-7(12)9-5-3-4-6-10(9)16(14,15)11-8(2)13/h3-6H,1-2H3,(H,11,13). The normalized spacial score (nSPS) is 10.9. The van der Waals surface area contributed by atoms with Crippen molar-refractivity contribution in [3.05, 3.63) is 29.8 Å². The van der Waals surface area contributed by atoms with E-state index in [1.54, 1.807) is 6.07 Å². The van der Waals surface area contributed by atoms with E-state index in [1.165, 1.54) is 25.1 Å². The highest BCUT2D eigenvalue weighted by atomic mass is 32.2. The predicted molar refractivity (Wildman–Crippen MR) is 57.4 cm³/mol. The molecular weight excluding hydrogens is 230 g/mol. The van der Waals surface area contributed by atoms with Gasteiger partial charge in [0.25, 0.3) is 10.0 Å². The van der Waals surface area contributed by atoms with Crippen LogP contribution in [0.15, 0.2) is 29.2 Å². The topological polar surface area (TPSA) is 80.3 Å². The molecule has 0 aromatic heterocycles. The summed E-state index contributed by atoms with van der Waals surface area (Å²) < 4.78 is 25.2. The molecule has 0 heterocycles. The SMILES string of the molecule is CC(=O)NS(=O)(=O)c1ccccc1C(C)=O. The molecule has 16 heavy (non-hydrogen) atoms. The molecule has 6 heteroatoms. The van der Waals surface area contributed by atoms with E-state index in [-0.39, 0.29) is 16.2 Å². The summed E-state index contributed by atoms with van der Waals surface area (Å²) in [6.45, 7) is 2.36. The molecule has 0 saturated heterocycles. The molecular formula is C10H11NO4S. The first kappa shape index (κ1) is 12.4. The molecule has 0 bridgehead atoms. The van der Waals surface area contributed by atoms with E-state index in [4.69, 9.17) is 0 Å². The minimum Gasteiger partial charge on any atom is -0.294 e. The number of sulfonamides is 1. The van der Waals surface area contributed by atoms with Crippen LogP contribution in [0.5, 0.6) is 0 Å². The molecule has 1 N–H and O–H groups in total. The van der Waals surface area contributed by atoms with Gasteiger partial charge in [-0.05, 0) is 13.0 Å². The van der Waals surface area contributed by atoms with E-state index >= 15 is 0 Å². The van der Waals surface area contributed by atoms with Gasteiger partial charge in [0.1, 0.15) is 0 Å². The molecule has 0 spiro atoms. The Bertz CT molecular complexity index is 534. The maximum absolute atomic E-state index is 11.7. The fourth-order valence-electron chi connectivity index (χ4n) is 1.24. The number of carbonyl (C=O) groups is 2. The van der Waals surface area contributed by atoms with Crippen molar-refractivity contribution in [2.24, 2.45) is 0 Å². The average molecular weight is 241 g/mol. The number of Topliss-reactive ketones (excluding diaryl/α,β-unsaturated/α-hetero) is 1. The molecule has 0 radical (unpaired) electrons. The van der Waals surface area contributed by atoms with Crippen molar-refractivity contribution in [2.45, 2.75) is 18.7 Å². The van der Waals surface area contributed by atoms with Gasteiger partial charge in [-0.25, -0.2) is 13.1 Å². The highest BCUT2D eigenvalue weighted by Gasteiger charge is 2.20. The Labute approximate surface area is 93.5 Å². The lowest BCUT2D eigenvalue weighted by atomic mass is 10.1. The third kappa shape index (κ3) is 2.66. The van der Waals surface area contributed by atoms with Gasteiger partial charge in [0.15, 0.2) is 5.78 Å². The summed E-state index contributed by atoms with van der Waals surface area (Å²) in [6, 6.07) is 5.73. The van der Waals surface area contributed by atoms with Gasteiger partial charge < -0.3 is 0 Å². The summed E-state index contributed by atoms with van der Waals surface area (Å²) >= 11 is 0. The molecule has 1 amide bonds. The zero-order valence-electron chi connectivity index (χ0n) is 8.85. The molecule has 0 aliphatic rings.